The summed E-state index contributed by atoms with van der Waals surface area (Å²) in [5.41, 5.74) is 1.83. The summed E-state index contributed by atoms with van der Waals surface area (Å²) in [6, 6.07) is 7.71. The number of aryl methyl sites for hydroxylation is 1. The Morgan fingerprint density at radius 2 is 1.75 bits per heavy atom. The Kier molecular flexibility index (Phi) is 5.51. The minimum atomic E-state index is 0.0686. The lowest BCUT2D eigenvalue weighted by Gasteiger charge is -2.28. The lowest BCUT2D eigenvalue weighted by Crippen LogP contribution is -2.41. The predicted molar refractivity (Wildman–Crippen MR) is 91.8 cm³/mol. The Hall–Kier alpha value is -1.88. The van der Waals surface area contributed by atoms with Crippen molar-refractivity contribution in [1.29, 1.82) is 0 Å². The van der Waals surface area contributed by atoms with Crippen LogP contribution in [0.5, 0.6) is 0 Å². The van der Waals surface area contributed by atoms with Gasteiger partial charge < -0.3 is 14.5 Å². The Morgan fingerprint density at radius 1 is 1.04 bits per heavy atom. The maximum atomic E-state index is 12.7. The number of ether oxygens (including phenoxy) is 1. The number of carbonyl (C=O) groups is 2. The van der Waals surface area contributed by atoms with E-state index in [2.05, 4.69) is 0 Å². The average molecular weight is 330 g/mol. The van der Waals surface area contributed by atoms with Crippen molar-refractivity contribution < 1.29 is 14.3 Å². The molecule has 2 aliphatic heterocycles. The van der Waals surface area contributed by atoms with Gasteiger partial charge in [-0.3, -0.25) is 9.59 Å². The Morgan fingerprint density at radius 3 is 2.50 bits per heavy atom. The molecular weight excluding hydrogens is 304 g/mol. The summed E-state index contributed by atoms with van der Waals surface area (Å²) in [5, 5.41) is 0. The molecule has 0 aliphatic carbocycles. The van der Waals surface area contributed by atoms with E-state index in [1.54, 1.807) is 0 Å². The first kappa shape index (κ1) is 17.0. The van der Waals surface area contributed by atoms with Crippen LogP contribution in [-0.4, -0.2) is 61.0 Å². The van der Waals surface area contributed by atoms with E-state index in [1.807, 2.05) is 41.0 Å². The number of amides is 2. The number of hydrogen-bond donors (Lipinski definition) is 0. The molecule has 2 heterocycles. The van der Waals surface area contributed by atoms with Crippen LogP contribution in [0.2, 0.25) is 0 Å². The topological polar surface area (TPSA) is 49.9 Å². The molecule has 130 valence electrons. The largest absolute Gasteiger partial charge is 0.381 e. The van der Waals surface area contributed by atoms with Crippen LogP contribution in [0, 0.1) is 12.8 Å². The number of nitrogens with zero attached hydrogens (tertiary/aromatic N) is 2. The van der Waals surface area contributed by atoms with Gasteiger partial charge in [0.05, 0.1) is 0 Å². The lowest BCUT2D eigenvalue weighted by atomic mass is 9.98. The Labute approximate surface area is 143 Å². The molecule has 2 amide bonds. The first-order valence-corrected chi connectivity index (χ1v) is 8.87. The van der Waals surface area contributed by atoms with E-state index in [-0.39, 0.29) is 17.7 Å². The zero-order valence-corrected chi connectivity index (χ0v) is 14.4. The normalized spacial score (nSPS) is 19.9. The average Bonchev–Trinajstić information content (AvgIpc) is 2.87. The highest BCUT2D eigenvalue weighted by Gasteiger charge is 2.28. The highest BCUT2D eigenvalue weighted by Crippen LogP contribution is 2.19. The second-order valence-corrected chi connectivity index (χ2v) is 6.73. The number of rotatable bonds is 2. The highest BCUT2D eigenvalue weighted by molar-refractivity contribution is 5.94. The molecule has 0 N–H and O–H groups in total. The van der Waals surface area contributed by atoms with Crippen molar-refractivity contribution in [2.45, 2.75) is 26.2 Å². The van der Waals surface area contributed by atoms with E-state index in [1.165, 1.54) is 0 Å². The molecule has 0 aromatic heterocycles. The van der Waals surface area contributed by atoms with E-state index in [4.69, 9.17) is 4.74 Å². The molecule has 0 atom stereocenters. The number of benzene rings is 1. The second kappa shape index (κ2) is 7.79. The molecule has 0 unspecified atom stereocenters. The van der Waals surface area contributed by atoms with Crippen molar-refractivity contribution in [3.05, 3.63) is 35.4 Å². The van der Waals surface area contributed by atoms with Crippen molar-refractivity contribution in [2.24, 2.45) is 5.92 Å². The molecule has 2 aliphatic rings. The van der Waals surface area contributed by atoms with Gasteiger partial charge in [0.25, 0.3) is 5.91 Å². The maximum Gasteiger partial charge on any atom is 0.253 e. The Bertz CT molecular complexity index is 596. The first-order valence-electron chi connectivity index (χ1n) is 8.87. The van der Waals surface area contributed by atoms with E-state index < -0.39 is 0 Å². The fourth-order valence-electron chi connectivity index (χ4n) is 3.50. The molecule has 24 heavy (non-hydrogen) atoms. The molecule has 1 aromatic carbocycles. The molecule has 0 saturated carbocycles. The second-order valence-electron chi connectivity index (χ2n) is 6.73. The standard InChI is InChI=1S/C19H26N2O3/c1-15-4-2-5-17(14-15)19(23)21-9-3-8-20(10-11-21)18(22)16-6-12-24-13-7-16/h2,4-5,14,16H,3,6-13H2,1H3. The van der Waals surface area contributed by atoms with E-state index in [0.29, 0.717) is 32.8 Å². The third-order valence-corrected chi connectivity index (χ3v) is 4.93. The lowest BCUT2D eigenvalue weighted by molar-refractivity contribution is -0.138. The first-order chi connectivity index (χ1) is 11.6. The summed E-state index contributed by atoms with van der Waals surface area (Å²) in [4.78, 5) is 29.2. The van der Waals surface area contributed by atoms with Gasteiger partial charge in [0.1, 0.15) is 0 Å². The molecule has 5 heteroatoms. The third kappa shape index (κ3) is 3.96. The van der Waals surface area contributed by atoms with Crippen LogP contribution in [0.15, 0.2) is 24.3 Å². The van der Waals surface area contributed by atoms with Gasteiger partial charge in [-0.15, -0.1) is 0 Å². The van der Waals surface area contributed by atoms with Crippen LogP contribution in [0.4, 0.5) is 0 Å². The van der Waals surface area contributed by atoms with Gasteiger partial charge in [-0.2, -0.15) is 0 Å². The van der Waals surface area contributed by atoms with Crippen LogP contribution in [-0.2, 0) is 9.53 Å². The van der Waals surface area contributed by atoms with Crippen LogP contribution < -0.4 is 0 Å². The summed E-state index contributed by atoms with van der Waals surface area (Å²) >= 11 is 0. The molecular formula is C19H26N2O3. The smallest absolute Gasteiger partial charge is 0.253 e. The van der Waals surface area contributed by atoms with Gasteiger partial charge >= 0.3 is 0 Å². The summed E-state index contributed by atoms with van der Waals surface area (Å²) in [7, 11) is 0. The minimum Gasteiger partial charge on any atom is -0.381 e. The minimum absolute atomic E-state index is 0.0686. The van der Waals surface area contributed by atoms with E-state index in [9.17, 15) is 9.59 Å². The SMILES string of the molecule is Cc1cccc(C(=O)N2CCCN(C(=O)C3CCOCC3)CC2)c1. The molecule has 1 aromatic rings. The van der Waals surface area contributed by atoms with E-state index >= 15 is 0 Å². The van der Waals surface area contributed by atoms with Crippen molar-refractivity contribution in [1.82, 2.24) is 9.80 Å². The zero-order chi connectivity index (χ0) is 16.9. The van der Waals surface area contributed by atoms with Crippen LogP contribution in [0.25, 0.3) is 0 Å². The predicted octanol–water partition coefficient (Wildman–Crippen LogP) is 2.10. The van der Waals surface area contributed by atoms with Crippen LogP contribution in [0.3, 0.4) is 0 Å². The van der Waals surface area contributed by atoms with Crippen LogP contribution >= 0.6 is 0 Å². The van der Waals surface area contributed by atoms with E-state index in [0.717, 1.165) is 36.9 Å². The monoisotopic (exact) mass is 330 g/mol. The quantitative estimate of drug-likeness (QED) is 0.834. The summed E-state index contributed by atoms with van der Waals surface area (Å²) < 4.78 is 5.35. The van der Waals surface area contributed by atoms with Crippen molar-refractivity contribution in [2.75, 3.05) is 39.4 Å². The summed E-state index contributed by atoms with van der Waals surface area (Å²) in [5.74, 6) is 0.403. The Balaban J connectivity index is 1.60. The van der Waals surface area contributed by atoms with Crippen molar-refractivity contribution >= 4 is 11.8 Å². The molecule has 0 bridgehead atoms. The van der Waals surface area contributed by atoms with Crippen molar-refractivity contribution in [3.8, 4) is 0 Å². The number of carbonyl (C=O) groups excluding carboxylic acids is 2. The molecule has 0 radical (unpaired) electrons. The maximum absolute atomic E-state index is 12.7. The molecule has 3 rings (SSSR count). The van der Waals surface area contributed by atoms with Gasteiger partial charge in [-0.05, 0) is 38.3 Å². The molecule has 5 nitrogen and oxygen atoms in total. The zero-order valence-electron chi connectivity index (χ0n) is 14.4. The fraction of sp³-hybridized carbons (Fsp3) is 0.579. The third-order valence-electron chi connectivity index (χ3n) is 4.93. The number of hydrogen-bond acceptors (Lipinski definition) is 3. The van der Waals surface area contributed by atoms with Gasteiger partial charge in [-0.25, -0.2) is 0 Å². The fourth-order valence-corrected chi connectivity index (χ4v) is 3.50. The highest BCUT2D eigenvalue weighted by atomic mass is 16.5. The van der Waals surface area contributed by atoms with Gasteiger partial charge in [0.2, 0.25) is 5.91 Å². The molecule has 0 spiro atoms. The molecule has 2 fully saturated rings. The summed E-state index contributed by atoms with van der Waals surface area (Å²) in [6.07, 6.45) is 2.48. The van der Waals surface area contributed by atoms with Gasteiger partial charge in [-0.1, -0.05) is 17.7 Å². The van der Waals surface area contributed by atoms with Crippen LogP contribution in [0.1, 0.15) is 35.2 Å². The van der Waals surface area contributed by atoms with Crippen molar-refractivity contribution in [3.63, 3.8) is 0 Å². The van der Waals surface area contributed by atoms with Gasteiger partial charge in [0, 0.05) is 50.9 Å². The molecule has 2 saturated heterocycles. The van der Waals surface area contributed by atoms with Gasteiger partial charge in [0.15, 0.2) is 0 Å². The summed E-state index contributed by atoms with van der Waals surface area (Å²) in [6.45, 7) is 6.06.